The highest BCUT2D eigenvalue weighted by molar-refractivity contribution is 7.89. The van der Waals surface area contributed by atoms with E-state index in [0.717, 1.165) is 12.8 Å². The van der Waals surface area contributed by atoms with Crippen LogP contribution in [0.2, 0.25) is 5.02 Å². The number of carbonyl (C=O) groups is 1. The first-order valence-corrected chi connectivity index (χ1v) is 7.69. The molecule has 1 saturated carbocycles. The first-order valence-electron chi connectivity index (χ1n) is 5.83. The lowest BCUT2D eigenvalue weighted by molar-refractivity contribution is -0.139. The van der Waals surface area contributed by atoms with Crippen molar-refractivity contribution >= 4 is 27.6 Å². The Morgan fingerprint density at radius 3 is 2.63 bits per heavy atom. The summed E-state index contributed by atoms with van der Waals surface area (Å²) in [7, 11) is -3.88. The van der Waals surface area contributed by atoms with Gasteiger partial charge in [-0.2, -0.15) is 4.72 Å². The average molecular weight is 304 g/mol. The van der Waals surface area contributed by atoms with Crippen LogP contribution in [-0.2, 0) is 14.8 Å². The second-order valence-electron chi connectivity index (χ2n) is 4.64. The van der Waals surface area contributed by atoms with Crippen molar-refractivity contribution in [1.29, 1.82) is 0 Å². The fraction of sp³-hybridized carbons (Fsp3) is 0.417. The van der Waals surface area contributed by atoms with Crippen LogP contribution < -0.4 is 4.72 Å². The van der Waals surface area contributed by atoms with Gasteiger partial charge in [0.05, 0.1) is 4.90 Å². The van der Waals surface area contributed by atoms with Crippen LogP contribution in [0, 0.1) is 12.8 Å². The second kappa shape index (κ2) is 5.11. The number of nitrogens with one attached hydrogen (secondary N) is 1. The minimum Gasteiger partial charge on any atom is -0.480 e. The maximum atomic E-state index is 12.2. The van der Waals surface area contributed by atoms with E-state index in [4.69, 9.17) is 16.7 Å². The van der Waals surface area contributed by atoms with Crippen molar-refractivity contribution in [3.8, 4) is 0 Å². The quantitative estimate of drug-likeness (QED) is 0.868. The molecule has 0 saturated heterocycles. The summed E-state index contributed by atoms with van der Waals surface area (Å²) < 4.78 is 26.7. The molecule has 19 heavy (non-hydrogen) atoms. The number of hydrogen-bond donors (Lipinski definition) is 2. The topological polar surface area (TPSA) is 83.5 Å². The maximum Gasteiger partial charge on any atom is 0.322 e. The van der Waals surface area contributed by atoms with Crippen molar-refractivity contribution in [2.24, 2.45) is 5.92 Å². The number of halogens is 1. The smallest absolute Gasteiger partial charge is 0.322 e. The SMILES string of the molecule is Cc1c(Cl)cccc1S(=O)(=O)NC(C(=O)O)C1CC1. The van der Waals surface area contributed by atoms with Crippen LogP contribution in [0.15, 0.2) is 23.1 Å². The first kappa shape index (κ1) is 14.3. The Kier molecular flexibility index (Phi) is 3.85. The number of carboxylic acids is 1. The van der Waals surface area contributed by atoms with Gasteiger partial charge in [-0.1, -0.05) is 17.7 Å². The third-order valence-electron chi connectivity index (χ3n) is 3.15. The van der Waals surface area contributed by atoms with Crippen LogP contribution in [-0.4, -0.2) is 25.5 Å². The summed E-state index contributed by atoms with van der Waals surface area (Å²) in [5.41, 5.74) is 0.414. The van der Waals surface area contributed by atoms with Crippen molar-refractivity contribution < 1.29 is 18.3 Å². The van der Waals surface area contributed by atoms with E-state index in [2.05, 4.69) is 4.72 Å². The minimum absolute atomic E-state index is 0.0203. The van der Waals surface area contributed by atoms with Crippen molar-refractivity contribution in [2.75, 3.05) is 0 Å². The highest BCUT2D eigenvalue weighted by atomic mass is 35.5. The van der Waals surface area contributed by atoms with E-state index >= 15 is 0 Å². The molecule has 1 unspecified atom stereocenters. The normalized spacial score (nSPS) is 17.2. The van der Waals surface area contributed by atoms with Gasteiger partial charge in [-0.05, 0) is 43.4 Å². The van der Waals surface area contributed by atoms with E-state index < -0.39 is 22.0 Å². The maximum absolute atomic E-state index is 12.2. The van der Waals surface area contributed by atoms with Crippen LogP contribution in [0.4, 0.5) is 0 Å². The number of aliphatic carboxylic acids is 1. The lowest BCUT2D eigenvalue weighted by atomic mass is 10.2. The summed E-state index contributed by atoms with van der Waals surface area (Å²) in [5.74, 6) is -1.27. The van der Waals surface area contributed by atoms with E-state index in [9.17, 15) is 13.2 Å². The Labute approximate surface area is 116 Å². The zero-order valence-electron chi connectivity index (χ0n) is 10.3. The molecule has 1 aliphatic rings. The molecule has 7 heteroatoms. The molecule has 1 aromatic carbocycles. The molecular formula is C12H14ClNO4S. The summed E-state index contributed by atoms with van der Waals surface area (Å²) in [5, 5.41) is 9.40. The molecule has 1 fully saturated rings. The molecule has 0 aliphatic heterocycles. The van der Waals surface area contributed by atoms with Crippen LogP contribution in [0.25, 0.3) is 0 Å². The molecule has 2 rings (SSSR count). The molecule has 0 radical (unpaired) electrons. The van der Waals surface area contributed by atoms with Gasteiger partial charge >= 0.3 is 5.97 Å². The first-order chi connectivity index (χ1) is 8.83. The molecule has 0 spiro atoms. The van der Waals surface area contributed by atoms with Gasteiger partial charge in [0.25, 0.3) is 0 Å². The van der Waals surface area contributed by atoms with Gasteiger partial charge in [0.2, 0.25) is 10.0 Å². The molecule has 1 aliphatic carbocycles. The Morgan fingerprint density at radius 1 is 1.47 bits per heavy atom. The molecular weight excluding hydrogens is 290 g/mol. The summed E-state index contributed by atoms with van der Waals surface area (Å²) >= 11 is 5.89. The minimum atomic E-state index is -3.88. The number of carboxylic acid groups (broad SMARTS) is 1. The van der Waals surface area contributed by atoms with E-state index in [-0.39, 0.29) is 10.8 Å². The van der Waals surface area contributed by atoms with Gasteiger partial charge in [0, 0.05) is 5.02 Å². The van der Waals surface area contributed by atoms with Gasteiger partial charge in [-0.15, -0.1) is 0 Å². The highest BCUT2D eigenvalue weighted by Crippen LogP contribution is 2.34. The molecule has 0 aromatic heterocycles. The monoisotopic (exact) mass is 303 g/mol. The Hall–Kier alpha value is -1.11. The Bertz CT molecular complexity index is 610. The molecule has 5 nitrogen and oxygen atoms in total. The number of benzene rings is 1. The van der Waals surface area contributed by atoms with Gasteiger partial charge in [-0.25, -0.2) is 8.42 Å². The number of sulfonamides is 1. The van der Waals surface area contributed by atoms with E-state index in [0.29, 0.717) is 10.6 Å². The fourth-order valence-electron chi connectivity index (χ4n) is 1.89. The van der Waals surface area contributed by atoms with E-state index in [1.165, 1.54) is 12.1 Å². The Morgan fingerprint density at radius 2 is 2.11 bits per heavy atom. The van der Waals surface area contributed by atoms with Gasteiger partial charge < -0.3 is 5.11 Å². The highest BCUT2D eigenvalue weighted by Gasteiger charge is 2.39. The predicted molar refractivity (Wildman–Crippen MR) is 70.7 cm³/mol. The van der Waals surface area contributed by atoms with Crippen LogP contribution in [0.1, 0.15) is 18.4 Å². The van der Waals surface area contributed by atoms with Crippen LogP contribution >= 0.6 is 11.6 Å². The van der Waals surface area contributed by atoms with E-state index in [1.807, 2.05) is 0 Å². The largest absolute Gasteiger partial charge is 0.480 e. The van der Waals surface area contributed by atoms with Crippen LogP contribution in [0.3, 0.4) is 0 Å². The molecule has 2 N–H and O–H groups in total. The summed E-state index contributed by atoms with van der Waals surface area (Å²) in [4.78, 5) is 11.1. The molecule has 1 aromatic rings. The molecule has 0 heterocycles. The Balaban J connectivity index is 2.32. The lowest BCUT2D eigenvalue weighted by Gasteiger charge is -2.15. The molecule has 104 valence electrons. The standard InChI is InChI=1S/C12H14ClNO4S/c1-7-9(13)3-2-4-10(7)19(17,18)14-11(12(15)16)8-5-6-8/h2-4,8,11,14H,5-6H2,1H3,(H,15,16). The van der Waals surface area contributed by atoms with Crippen LogP contribution in [0.5, 0.6) is 0 Å². The zero-order valence-corrected chi connectivity index (χ0v) is 11.8. The number of hydrogen-bond acceptors (Lipinski definition) is 3. The molecule has 1 atom stereocenters. The summed E-state index contributed by atoms with van der Waals surface area (Å²) in [6.07, 6.45) is 1.46. The number of rotatable bonds is 5. The lowest BCUT2D eigenvalue weighted by Crippen LogP contribution is -2.42. The van der Waals surface area contributed by atoms with Crippen molar-refractivity contribution in [3.63, 3.8) is 0 Å². The molecule has 0 bridgehead atoms. The van der Waals surface area contributed by atoms with Gasteiger partial charge in [-0.3, -0.25) is 4.79 Å². The van der Waals surface area contributed by atoms with E-state index in [1.54, 1.807) is 13.0 Å². The zero-order chi connectivity index (χ0) is 14.2. The third kappa shape index (κ3) is 3.08. The van der Waals surface area contributed by atoms with Crippen molar-refractivity contribution in [1.82, 2.24) is 4.72 Å². The molecule has 0 amide bonds. The average Bonchev–Trinajstić information content (AvgIpc) is 3.13. The third-order valence-corrected chi connectivity index (χ3v) is 5.14. The predicted octanol–water partition coefficient (Wildman–Crippen LogP) is 1.79. The van der Waals surface area contributed by atoms with Gasteiger partial charge in [0.15, 0.2) is 0 Å². The second-order valence-corrected chi connectivity index (χ2v) is 6.73. The summed E-state index contributed by atoms with van der Waals surface area (Å²) in [6, 6.07) is 3.46. The van der Waals surface area contributed by atoms with Crippen molar-refractivity contribution in [2.45, 2.75) is 30.7 Å². The summed E-state index contributed by atoms with van der Waals surface area (Å²) in [6.45, 7) is 1.59. The van der Waals surface area contributed by atoms with Gasteiger partial charge in [0.1, 0.15) is 6.04 Å². The van der Waals surface area contributed by atoms with Crippen molar-refractivity contribution in [3.05, 3.63) is 28.8 Å². The fourth-order valence-corrected chi connectivity index (χ4v) is 3.64.